The van der Waals surface area contributed by atoms with Crippen molar-refractivity contribution in [1.29, 1.82) is 0 Å². The lowest BCUT2D eigenvalue weighted by atomic mass is 10.1. The van der Waals surface area contributed by atoms with Crippen LogP contribution in [0.1, 0.15) is 11.6 Å². The Morgan fingerprint density at radius 3 is 2.60 bits per heavy atom. The van der Waals surface area contributed by atoms with Gasteiger partial charge in [-0.2, -0.15) is 0 Å². The van der Waals surface area contributed by atoms with Crippen LogP contribution in [0.2, 0.25) is 0 Å². The van der Waals surface area contributed by atoms with Gasteiger partial charge < -0.3 is 5.11 Å². The van der Waals surface area contributed by atoms with E-state index in [1.807, 2.05) is 6.07 Å². The first-order chi connectivity index (χ1) is 7.29. The molecule has 2 aromatic rings. The third-order valence-electron chi connectivity index (χ3n) is 1.98. The van der Waals surface area contributed by atoms with Crippen molar-refractivity contribution in [2.24, 2.45) is 0 Å². The van der Waals surface area contributed by atoms with Gasteiger partial charge in [0, 0.05) is 0 Å². The molecule has 1 heterocycles. The Kier molecular flexibility index (Phi) is 2.40. The maximum Gasteiger partial charge on any atom is 0.333 e. The monoisotopic (exact) mass is 204 g/mol. The Morgan fingerprint density at radius 2 is 2.07 bits per heavy atom. The maximum atomic E-state index is 11.1. The van der Waals surface area contributed by atoms with Gasteiger partial charge in [0.25, 0.3) is 0 Å². The van der Waals surface area contributed by atoms with Crippen LogP contribution in [-0.4, -0.2) is 31.3 Å². The molecule has 0 aliphatic rings. The van der Waals surface area contributed by atoms with Crippen molar-refractivity contribution in [1.82, 2.24) is 20.2 Å². The van der Waals surface area contributed by atoms with Gasteiger partial charge in [0.15, 0.2) is 6.04 Å². The standard InChI is InChI=1S/C9H8N4O2/c14-9(15)8(13-6-10-11-12-13)7-4-2-1-3-5-7/h1-6,8H,(H,14,15). The number of aliphatic carboxylic acids is 1. The normalized spacial score (nSPS) is 12.3. The summed E-state index contributed by atoms with van der Waals surface area (Å²) in [4.78, 5) is 11.1. The summed E-state index contributed by atoms with van der Waals surface area (Å²) in [5, 5.41) is 19.5. The lowest BCUT2D eigenvalue weighted by Crippen LogP contribution is -2.20. The minimum atomic E-state index is -0.992. The zero-order valence-corrected chi connectivity index (χ0v) is 7.69. The summed E-state index contributed by atoms with van der Waals surface area (Å²) in [5.74, 6) is -0.992. The SMILES string of the molecule is O=C(O)C(c1ccccc1)n1cnnn1. The average molecular weight is 204 g/mol. The molecule has 0 amide bonds. The van der Waals surface area contributed by atoms with Crippen molar-refractivity contribution in [3.8, 4) is 0 Å². The molecular formula is C9H8N4O2. The Labute approximate surface area is 85.2 Å². The van der Waals surface area contributed by atoms with Crippen molar-refractivity contribution in [3.05, 3.63) is 42.2 Å². The van der Waals surface area contributed by atoms with E-state index in [9.17, 15) is 4.79 Å². The fourth-order valence-corrected chi connectivity index (χ4v) is 1.33. The molecule has 6 heteroatoms. The van der Waals surface area contributed by atoms with Crippen molar-refractivity contribution in [3.63, 3.8) is 0 Å². The molecule has 0 aliphatic carbocycles. The van der Waals surface area contributed by atoms with Crippen LogP contribution >= 0.6 is 0 Å². The highest BCUT2D eigenvalue weighted by Crippen LogP contribution is 2.16. The zero-order chi connectivity index (χ0) is 10.7. The van der Waals surface area contributed by atoms with Gasteiger partial charge in [-0.3, -0.25) is 0 Å². The molecule has 1 N–H and O–H groups in total. The third kappa shape index (κ3) is 1.83. The molecule has 0 saturated heterocycles. The number of aromatic nitrogens is 4. The van der Waals surface area contributed by atoms with Crippen LogP contribution in [0.5, 0.6) is 0 Å². The molecule has 0 fully saturated rings. The van der Waals surface area contributed by atoms with Gasteiger partial charge in [0.2, 0.25) is 0 Å². The van der Waals surface area contributed by atoms with Gasteiger partial charge in [0.05, 0.1) is 0 Å². The quantitative estimate of drug-likeness (QED) is 0.780. The average Bonchev–Trinajstić information content (AvgIpc) is 2.72. The Bertz CT molecular complexity index is 440. The molecule has 15 heavy (non-hydrogen) atoms. The molecule has 2 rings (SSSR count). The van der Waals surface area contributed by atoms with E-state index in [0.717, 1.165) is 0 Å². The first-order valence-electron chi connectivity index (χ1n) is 4.29. The van der Waals surface area contributed by atoms with Crippen molar-refractivity contribution in [2.75, 3.05) is 0 Å². The molecule has 1 aromatic carbocycles. The fraction of sp³-hybridized carbons (Fsp3) is 0.111. The second kappa shape index (κ2) is 3.87. The number of benzene rings is 1. The molecule has 6 nitrogen and oxygen atoms in total. The lowest BCUT2D eigenvalue weighted by molar-refractivity contribution is -0.139. The predicted octanol–water partition coefficient (Wildman–Crippen LogP) is 0.347. The first-order valence-corrected chi connectivity index (χ1v) is 4.29. The first kappa shape index (κ1) is 9.32. The van der Waals surface area contributed by atoms with E-state index in [0.29, 0.717) is 5.56 Å². The van der Waals surface area contributed by atoms with E-state index in [-0.39, 0.29) is 0 Å². The van der Waals surface area contributed by atoms with Crippen LogP contribution in [-0.2, 0) is 4.79 Å². The Morgan fingerprint density at radius 1 is 1.33 bits per heavy atom. The van der Waals surface area contributed by atoms with E-state index in [2.05, 4.69) is 15.5 Å². The maximum absolute atomic E-state index is 11.1. The summed E-state index contributed by atoms with van der Waals surface area (Å²) < 4.78 is 1.21. The Hall–Kier alpha value is -2.24. The number of carboxylic acids is 1. The topological polar surface area (TPSA) is 80.9 Å². The number of carboxylic acid groups (broad SMARTS) is 1. The van der Waals surface area contributed by atoms with Crippen LogP contribution in [0, 0.1) is 0 Å². The molecular weight excluding hydrogens is 196 g/mol. The molecule has 0 spiro atoms. The second-order valence-electron chi connectivity index (χ2n) is 2.94. The predicted molar refractivity (Wildman–Crippen MR) is 50.0 cm³/mol. The van der Waals surface area contributed by atoms with Crippen molar-refractivity contribution < 1.29 is 9.90 Å². The summed E-state index contributed by atoms with van der Waals surface area (Å²) in [6, 6.07) is 7.94. The minimum Gasteiger partial charge on any atom is -0.479 e. The van der Waals surface area contributed by atoms with Crippen LogP contribution < -0.4 is 0 Å². The molecule has 0 aliphatic heterocycles. The lowest BCUT2D eigenvalue weighted by Gasteiger charge is -2.10. The summed E-state index contributed by atoms with van der Waals surface area (Å²) in [6.45, 7) is 0. The molecule has 1 atom stereocenters. The van der Waals surface area contributed by atoms with Crippen LogP contribution in [0.4, 0.5) is 0 Å². The molecule has 0 saturated carbocycles. The van der Waals surface area contributed by atoms with Crippen LogP contribution in [0.3, 0.4) is 0 Å². The highest BCUT2D eigenvalue weighted by molar-refractivity contribution is 5.75. The van der Waals surface area contributed by atoms with Crippen molar-refractivity contribution >= 4 is 5.97 Å². The second-order valence-corrected chi connectivity index (χ2v) is 2.94. The number of rotatable bonds is 3. The summed E-state index contributed by atoms with van der Waals surface area (Å²) in [6.07, 6.45) is 1.28. The number of hydrogen-bond acceptors (Lipinski definition) is 4. The van der Waals surface area contributed by atoms with E-state index >= 15 is 0 Å². The van der Waals surface area contributed by atoms with Gasteiger partial charge >= 0.3 is 5.97 Å². The summed E-state index contributed by atoms with van der Waals surface area (Å²) in [7, 11) is 0. The van der Waals surface area contributed by atoms with Gasteiger partial charge in [-0.1, -0.05) is 30.3 Å². The minimum absolute atomic E-state index is 0.636. The summed E-state index contributed by atoms with van der Waals surface area (Å²) in [5.41, 5.74) is 0.636. The zero-order valence-electron chi connectivity index (χ0n) is 7.69. The largest absolute Gasteiger partial charge is 0.479 e. The van der Waals surface area contributed by atoms with E-state index in [1.54, 1.807) is 24.3 Å². The number of hydrogen-bond donors (Lipinski definition) is 1. The van der Waals surface area contributed by atoms with E-state index < -0.39 is 12.0 Å². The molecule has 0 bridgehead atoms. The smallest absolute Gasteiger partial charge is 0.333 e. The van der Waals surface area contributed by atoms with Crippen molar-refractivity contribution in [2.45, 2.75) is 6.04 Å². The van der Waals surface area contributed by atoms with Crippen LogP contribution in [0.25, 0.3) is 0 Å². The summed E-state index contributed by atoms with van der Waals surface area (Å²) >= 11 is 0. The number of carbonyl (C=O) groups is 1. The molecule has 1 unspecified atom stereocenters. The number of tetrazole rings is 1. The third-order valence-corrected chi connectivity index (χ3v) is 1.98. The molecule has 76 valence electrons. The van der Waals surface area contributed by atoms with Crippen LogP contribution in [0.15, 0.2) is 36.7 Å². The fourth-order valence-electron chi connectivity index (χ4n) is 1.33. The van der Waals surface area contributed by atoms with Gasteiger partial charge in [0.1, 0.15) is 6.33 Å². The van der Waals surface area contributed by atoms with Gasteiger partial charge in [-0.25, -0.2) is 9.48 Å². The Balaban J connectivity index is 2.42. The highest BCUT2D eigenvalue weighted by Gasteiger charge is 2.22. The molecule has 0 radical (unpaired) electrons. The highest BCUT2D eigenvalue weighted by atomic mass is 16.4. The van der Waals surface area contributed by atoms with E-state index in [1.165, 1.54) is 11.0 Å². The number of nitrogens with zero attached hydrogens (tertiary/aromatic N) is 4. The molecule has 1 aromatic heterocycles. The van der Waals surface area contributed by atoms with E-state index in [4.69, 9.17) is 5.11 Å². The van der Waals surface area contributed by atoms with Gasteiger partial charge in [-0.15, -0.1) is 5.10 Å². The van der Waals surface area contributed by atoms with Gasteiger partial charge in [-0.05, 0) is 16.0 Å².